The van der Waals surface area contributed by atoms with E-state index in [1.165, 1.54) is 6.08 Å². The second kappa shape index (κ2) is 6.23. The molecule has 20 heavy (non-hydrogen) atoms. The summed E-state index contributed by atoms with van der Waals surface area (Å²) in [4.78, 5) is 24.4. The van der Waals surface area contributed by atoms with Gasteiger partial charge in [-0.05, 0) is 30.5 Å². The van der Waals surface area contributed by atoms with E-state index in [2.05, 4.69) is 6.58 Å². The van der Waals surface area contributed by atoms with Crippen LogP contribution in [0.2, 0.25) is 0 Å². The van der Waals surface area contributed by atoms with Crippen LogP contribution in [0.5, 0.6) is 0 Å². The van der Waals surface area contributed by atoms with Gasteiger partial charge in [-0.3, -0.25) is 0 Å². The first-order valence-electron chi connectivity index (χ1n) is 6.51. The summed E-state index contributed by atoms with van der Waals surface area (Å²) in [7, 11) is 0. The summed E-state index contributed by atoms with van der Waals surface area (Å²) in [6.07, 6.45) is 2.95. The van der Waals surface area contributed by atoms with Crippen molar-refractivity contribution in [3.63, 3.8) is 0 Å². The SMILES string of the molecule is C=CCOC(=O)N1CCCC1c1ccc(C(=O)O)cc1. The number of likely N-dealkylation sites (tertiary alicyclic amines) is 1. The number of carboxylic acid groups (broad SMARTS) is 1. The third kappa shape index (κ3) is 2.99. The lowest BCUT2D eigenvalue weighted by Crippen LogP contribution is -2.31. The molecular weight excluding hydrogens is 258 g/mol. The van der Waals surface area contributed by atoms with Crippen LogP contribution in [0, 0.1) is 0 Å². The van der Waals surface area contributed by atoms with Gasteiger partial charge in [-0.2, -0.15) is 0 Å². The van der Waals surface area contributed by atoms with Gasteiger partial charge >= 0.3 is 12.1 Å². The van der Waals surface area contributed by atoms with Crippen molar-refractivity contribution in [2.45, 2.75) is 18.9 Å². The molecule has 1 saturated heterocycles. The highest BCUT2D eigenvalue weighted by Gasteiger charge is 2.30. The minimum atomic E-state index is -0.953. The van der Waals surface area contributed by atoms with Gasteiger partial charge in [0.2, 0.25) is 0 Å². The molecule has 1 amide bonds. The molecule has 5 heteroatoms. The average molecular weight is 275 g/mol. The fourth-order valence-corrected chi connectivity index (χ4v) is 2.39. The Balaban J connectivity index is 2.11. The lowest BCUT2D eigenvalue weighted by molar-refractivity contribution is 0.0696. The number of hydrogen-bond acceptors (Lipinski definition) is 3. The fourth-order valence-electron chi connectivity index (χ4n) is 2.39. The Kier molecular flexibility index (Phi) is 4.40. The molecule has 0 spiro atoms. The third-order valence-corrected chi connectivity index (χ3v) is 3.35. The molecule has 1 aliphatic rings. The summed E-state index contributed by atoms with van der Waals surface area (Å²) in [6.45, 7) is 4.36. The van der Waals surface area contributed by atoms with Crippen LogP contribution in [0.15, 0.2) is 36.9 Å². The van der Waals surface area contributed by atoms with Crippen molar-refractivity contribution < 1.29 is 19.4 Å². The summed E-state index contributed by atoms with van der Waals surface area (Å²) in [5.74, 6) is -0.953. The quantitative estimate of drug-likeness (QED) is 0.858. The topological polar surface area (TPSA) is 66.8 Å². The first-order valence-corrected chi connectivity index (χ1v) is 6.51. The summed E-state index contributed by atoms with van der Waals surface area (Å²) >= 11 is 0. The van der Waals surface area contributed by atoms with Crippen LogP contribution in [-0.4, -0.2) is 35.2 Å². The van der Waals surface area contributed by atoms with E-state index >= 15 is 0 Å². The number of ether oxygens (including phenoxy) is 1. The van der Waals surface area contributed by atoms with Crippen LogP contribution in [0.3, 0.4) is 0 Å². The molecule has 1 heterocycles. The van der Waals surface area contributed by atoms with Gasteiger partial charge in [0.05, 0.1) is 11.6 Å². The van der Waals surface area contributed by atoms with E-state index in [1.807, 2.05) is 0 Å². The van der Waals surface area contributed by atoms with E-state index in [4.69, 9.17) is 9.84 Å². The van der Waals surface area contributed by atoms with E-state index in [9.17, 15) is 9.59 Å². The molecule has 1 aromatic rings. The van der Waals surface area contributed by atoms with Crippen molar-refractivity contribution >= 4 is 12.1 Å². The Morgan fingerprint density at radius 1 is 1.40 bits per heavy atom. The molecule has 1 fully saturated rings. The van der Waals surface area contributed by atoms with Crippen molar-refractivity contribution in [2.75, 3.05) is 13.2 Å². The van der Waals surface area contributed by atoms with Crippen LogP contribution in [0.4, 0.5) is 4.79 Å². The molecule has 5 nitrogen and oxygen atoms in total. The lowest BCUT2D eigenvalue weighted by atomic mass is 10.0. The Morgan fingerprint density at radius 2 is 2.10 bits per heavy atom. The normalized spacial score (nSPS) is 17.8. The van der Waals surface area contributed by atoms with Crippen LogP contribution in [-0.2, 0) is 4.74 Å². The monoisotopic (exact) mass is 275 g/mol. The highest BCUT2D eigenvalue weighted by molar-refractivity contribution is 5.87. The predicted molar refractivity (Wildman–Crippen MR) is 73.6 cm³/mol. The van der Waals surface area contributed by atoms with Gasteiger partial charge in [-0.15, -0.1) is 0 Å². The molecule has 1 N–H and O–H groups in total. The zero-order valence-corrected chi connectivity index (χ0v) is 11.1. The lowest BCUT2D eigenvalue weighted by Gasteiger charge is -2.24. The van der Waals surface area contributed by atoms with E-state index < -0.39 is 5.97 Å². The van der Waals surface area contributed by atoms with Gasteiger partial charge in [-0.1, -0.05) is 24.8 Å². The molecule has 0 saturated carbocycles. The third-order valence-electron chi connectivity index (χ3n) is 3.35. The smallest absolute Gasteiger partial charge is 0.410 e. The molecule has 1 aliphatic heterocycles. The zero-order chi connectivity index (χ0) is 14.5. The molecule has 1 unspecified atom stereocenters. The van der Waals surface area contributed by atoms with E-state index in [-0.39, 0.29) is 24.3 Å². The largest absolute Gasteiger partial charge is 0.478 e. The predicted octanol–water partition coefficient (Wildman–Crippen LogP) is 2.84. The molecule has 1 atom stereocenters. The first kappa shape index (κ1) is 14.1. The number of aromatic carboxylic acids is 1. The zero-order valence-electron chi connectivity index (χ0n) is 11.1. The maximum Gasteiger partial charge on any atom is 0.410 e. The second-order valence-corrected chi connectivity index (χ2v) is 4.64. The maximum atomic E-state index is 11.9. The molecule has 0 aliphatic carbocycles. The van der Waals surface area contributed by atoms with Crippen molar-refractivity contribution in [3.05, 3.63) is 48.0 Å². The number of rotatable bonds is 4. The number of carbonyl (C=O) groups is 2. The Bertz CT molecular complexity index is 509. The highest BCUT2D eigenvalue weighted by Crippen LogP contribution is 2.32. The maximum absolute atomic E-state index is 11.9. The Labute approximate surface area is 117 Å². The van der Waals surface area contributed by atoms with Gasteiger partial charge in [0.1, 0.15) is 6.61 Å². The van der Waals surface area contributed by atoms with Crippen molar-refractivity contribution in [3.8, 4) is 0 Å². The van der Waals surface area contributed by atoms with E-state index in [0.717, 1.165) is 18.4 Å². The van der Waals surface area contributed by atoms with Crippen molar-refractivity contribution in [2.24, 2.45) is 0 Å². The first-order chi connectivity index (χ1) is 9.63. The summed E-state index contributed by atoms with van der Waals surface area (Å²) in [5, 5.41) is 8.88. The molecule has 2 rings (SSSR count). The molecule has 1 aromatic carbocycles. The number of carboxylic acids is 1. The minimum absolute atomic E-state index is 0.0461. The van der Waals surface area contributed by atoms with E-state index in [0.29, 0.717) is 6.54 Å². The number of carbonyl (C=O) groups excluding carboxylic acids is 1. The average Bonchev–Trinajstić information content (AvgIpc) is 2.94. The molecule has 0 radical (unpaired) electrons. The summed E-state index contributed by atoms with van der Waals surface area (Å²) < 4.78 is 5.06. The van der Waals surface area contributed by atoms with Crippen LogP contribution >= 0.6 is 0 Å². The molecular formula is C15H17NO4. The summed E-state index contributed by atoms with van der Waals surface area (Å²) in [5.41, 5.74) is 1.18. The van der Waals surface area contributed by atoms with Gasteiger partial charge in [0.15, 0.2) is 0 Å². The number of hydrogen-bond donors (Lipinski definition) is 1. The standard InChI is InChI=1S/C15H17NO4/c1-2-10-20-15(19)16-9-3-4-13(16)11-5-7-12(8-6-11)14(17)18/h2,5-8,13H,1,3-4,9-10H2,(H,17,18). The van der Waals surface area contributed by atoms with Gasteiger partial charge in [0, 0.05) is 6.54 Å². The Morgan fingerprint density at radius 3 is 2.70 bits per heavy atom. The van der Waals surface area contributed by atoms with E-state index in [1.54, 1.807) is 29.2 Å². The molecule has 106 valence electrons. The molecule has 0 bridgehead atoms. The van der Waals surface area contributed by atoms with Crippen molar-refractivity contribution in [1.29, 1.82) is 0 Å². The number of benzene rings is 1. The number of nitrogens with zero attached hydrogens (tertiary/aromatic N) is 1. The van der Waals surface area contributed by atoms with Gasteiger partial charge in [-0.25, -0.2) is 9.59 Å². The van der Waals surface area contributed by atoms with Crippen LogP contribution in [0.1, 0.15) is 34.8 Å². The summed E-state index contributed by atoms with van der Waals surface area (Å²) in [6, 6.07) is 6.59. The van der Waals surface area contributed by atoms with Gasteiger partial charge < -0.3 is 14.7 Å². The fraction of sp³-hybridized carbons (Fsp3) is 0.333. The van der Waals surface area contributed by atoms with Crippen LogP contribution < -0.4 is 0 Å². The van der Waals surface area contributed by atoms with Crippen molar-refractivity contribution in [1.82, 2.24) is 4.90 Å². The minimum Gasteiger partial charge on any atom is -0.478 e. The molecule has 0 aromatic heterocycles. The van der Waals surface area contributed by atoms with Gasteiger partial charge in [0.25, 0.3) is 0 Å². The van der Waals surface area contributed by atoms with Crippen LogP contribution in [0.25, 0.3) is 0 Å². The number of amides is 1. The highest BCUT2D eigenvalue weighted by atomic mass is 16.6. The Hall–Kier alpha value is -2.30. The second-order valence-electron chi connectivity index (χ2n) is 4.64.